The molecule has 4 rings (SSSR count). The SMILES string of the molecule is Cc1ccc(-c2cc(C(=O)Nc3ccc(S(=O)(=O)N4CCC[C@@H](C)C4)cc3)no2)cc1C. The summed E-state index contributed by atoms with van der Waals surface area (Å²) >= 11 is 0. The quantitative estimate of drug-likeness (QED) is 0.608. The summed E-state index contributed by atoms with van der Waals surface area (Å²) in [5.41, 5.74) is 3.78. The number of hydrogen-bond donors (Lipinski definition) is 1. The molecule has 2 aromatic carbocycles. The molecule has 3 aromatic rings. The molecule has 8 heteroatoms. The monoisotopic (exact) mass is 453 g/mol. The van der Waals surface area contributed by atoms with Crippen LogP contribution in [0.4, 0.5) is 5.69 Å². The molecule has 0 saturated carbocycles. The Kier molecular flexibility index (Phi) is 6.17. The van der Waals surface area contributed by atoms with Gasteiger partial charge in [0.05, 0.1) is 4.90 Å². The van der Waals surface area contributed by atoms with Crippen LogP contribution in [0.5, 0.6) is 0 Å². The van der Waals surface area contributed by atoms with Gasteiger partial charge in [0.15, 0.2) is 11.5 Å². The molecule has 0 spiro atoms. The van der Waals surface area contributed by atoms with E-state index in [9.17, 15) is 13.2 Å². The van der Waals surface area contributed by atoms with Crippen LogP contribution in [-0.4, -0.2) is 36.9 Å². The Bertz CT molecular complexity index is 1230. The fourth-order valence-corrected chi connectivity index (χ4v) is 5.43. The Hall–Kier alpha value is -2.97. The topological polar surface area (TPSA) is 92.5 Å². The molecule has 1 aromatic heterocycles. The van der Waals surface area contributed by atoms with Gasteiger partial charge in [0, 0.05) is 30.4 Å². The van der Waals surface area contributed by atoms with Crippen LogP contribution in [0, 0.1) is 19.8 Å². The van der Waals surface area contributed by atoms with E-state index in [2.05, 4.69) is 17.4 Å². The van der Waals surface area contributed by atoms with Gasteiger partial charge >= 0.3 is 0 Å². The van der Waals surface area contributed by atoms with Gasteiger partial charge in [0.25, 0.3) is 5.91 Å². The smallest absolute Gasteiger partial charge is 0.277 e. The third-order valence-corrected chi connectivity index (χ3v) is 7.78. The summed E-state index contributed by atoms with van der Waals surface area (Å²) in [5, 5.41) is 6.62. The molecule has 32 heavy (non-hydrogen) atoms. The summed E-state index contributed by atoms with van der Waals surface area (Å²) in [6.07, 6.45) is 1.92. The van der Waals surface area contributed by atoms with E-state index in [4.69, 9.17) is 4.52 Å². The predicted molar refractivity (Wildman–Crippen MR) is 123 cm³/mol. The van der Waals surface area contributed by atoms with Gasteiger partial charge in [-0.1, -0.05) is 24.2 Å². The minimum atomic E-state index is -3.53. The minimum absolute atomic E-state index is 0.150. The molecular formula is C24H27N3O4S. The van der Waals surface area contributed by atoms with Gasteiger partial charge in [0.2, 0.25) is 10.0 Å². The van der Waals surface area contributed by atoms with E-state index < -0.39 is 15.9 Å². The molecule has 1 amide bonds. The van der Waals surface area contributed by atoms with Crippen molar-refractivity contribution in [3.05, 3.63) is 65.4 Å². The number of aryl methyl sites for hydroxylation is 2. The fourth-order valence-electron chi connectivity index (χ4n) is 3.83. The highest BCUT2D eigenvalue weighted by atomic mass is 32.2. The van der Waals surface area contributed by atoms with Crippen LogP contribution in [0.2, 0.25) is 0 Å². The molecule has 1 atom stereocenters. The number of rotatable bonds is 5. The van der Waals surface area contributed by atoms with Crippen LogP contribution in [0.25, 0.3) is 11.3 Å². The van der Waals surface area contributed by atoms with Crippen molar-refractivity contribution in [1.29, 1.82) is 0 Å². The van der Waals surface area contributed by atoms with Crippen LogP contribution < -0.4 is 5.32 Å². The number of hydrogen-bond acceptors (Lipinski definition) is 5. The molecule has 0 bridgehead atoms. The highest BCUT2D eigenvalue weighted by Gasteiger charge is 2.28. The number of aromatic nitrogens is 1. The number of carbonyl (C=O) groups excluding carboxylic acids is 1. The van der Waals surface area contributed by atoms with Crippen molar-refractivity contribution in [3.8, 4) is 11.3 Å². The summed E-state index contributed by atoms with van der Waals surface area (Å²) in [6.45, 7) is 7.19. The standard InChI is InChI=1S/C24H27N3O4S/c1-16-5-4-12-27(15-16)32(29,30)21-10-8-20(9-11-21)25-24(28)22-14-23(31-26-22)19-7-6-17(2)18(3)13-19/h6-11,13-14,16H,4-5,12,15H2,1-3H3,(H,25,28)/t16-/m1/s1. The van der Waals surface area contributed by atoms with Gasteiger partial charge in [-0.25, -0.2) is 8.42 Å². The average molecular weight is 454 g/mol. The maximum atomic E-state index is 12.9. The maximum absolute atomic E-state index is 12.9. The van der Waals surface area contributed by atoms with E-state index >= 15 is 0 Å². The Balaban J connectivity index is 1.45. The van der Waals surface area contributed by atoms with E-state index in [1.165, 1.54) is 17.7 Å². The van der Waals surface area contributed by atoms with Crippen molar-refractivity contribution in [3.63, 3.8) is 0 Å². The van der Waals surface area contributed by atoms with E-state index in [1.807, 2.05) is 32.0 Å². The highest BCUT2D eigenvalue weighted by molar-refractivity contribution is 7.89. The molecule has 0 radical (unpaired) electrons. The highest BCUT2D eigenvalue weighted by Crippen LogP contribution is 2.25. The van der Waals surface area contributed by atoms with E-state index in [0.29, 0.717) is 30.5 Å². The lowest BCUT2D eigenvalue weighted by molar-refractivity contribution is 0.101. The molecule has 0 aliphatic carbocycles. The van der Waals surface area contributed by atoms with Crippen molar-refractivity contribution >= 4 is 21.6 Å². The minimum Gasteiger partial charge on any atom is -0.355 e. The Morgan fingerprint density at radius 2 is 1.84 bits per heavy atom. The van der Waals surface area contributed by atoms with Gasteiger partial charge in [-0.05, 0) is 74.1 Å². The molecule has 2 heterocycles. The number of nitrogens with zero attached hydrogens (tertiary/aromatic N) is 2. The molecule has 0 unspecified atom stereocenters. The van der Waals surface area contributed by atoms with Crippen LogP contribution in [0.1, 0.15) is 41.4 Å². The Morgan fingerprint density at radius 1 is 1.09 bits per heavy atom. The lowest BCUT2D eigenvalue weighted by Crippen LogP contribution is -2.39. The van der Waals surface area contributed by atoms with Crippen molar-refractivity contribution in [1.82, 2.24) is 9.46 Å². The average Bonchev–Trinajstić information content (AvgIpc) is 3.26. The first-order valence-electron chi connectivity index (χ1n) is 10.7. The third-order valence-electron chi connectivity index (χ3n) is 5.90. The summed E-state index contributed by atoms with van der Waals surface area (Å²) in [5.74, 6) is 0.438. The van der Waals surface area contributed by atoms with Gasteiger partial charge in [0.1, 0.15) is 0 Å². The number of carbonyl (C=O) groups is 1. The fraction of sp³-hybridized carbons (Fsp3) is 0.333. The van der Waals surface area contributed by atoms with E-state index in [0.717, 1.165) is 24.0 Å². The van der Waals surface area contributed by atoms with Crippen LogP contribution in [0.15, 0.2) is 57.9 Å². The number of amides is 1. The summed E-state index contributed by atoms with van der Waals surface area (Å²) < 4.78 is 32.7. The van der Waals surface area contributed by atoms with E-state index in [-0.39, 0.29) is 10.6 Å². The Labute approximate surface area is 188 Å². The van der Waals surface area contributed by atoms with Gasteiger partial charge in [-0.3, -0.25) is 4.79 Å². The van der Waals surface area contributed by atoms with Crippen LogP contribution in [0.3, 0.4) is 0 Å². The number of piperidine rings is 1. The molecule has 1 aliphatic heterocycles. The number of nitrogens with one attached hydrogen (secondary N) is 1. The predicted octanol–water partition coefficient (Wildman–Crippen LogP) is 4.63. The van der Waals surface area contributed by atoms with E-state index in [1.54, 1.807) is 22.5 Å². The van der Waals surface area contributed by atoms with Crippen molar-refractivity contribution < 1.29 is 17.7 Å². The maximum Gasteiger partial charge on any atom is 0.277 e. The largest absolute Gasteiger partial charge is 0.355 e. The van der Waals surface area contributed by atoms with Crippen molar-refractivity contribution in [2.45, 2.75) is 38.5 Å². The van der Waals surface area contributed by atoms with Gasteiger partial charge in [-0.2, -0.15) is 4.31 Å². The number of benzene rings is 2. The van der Waals surface area contributed by atoms with Gasteiger partial charge < -0.3 is 9.84 Å². The zero-order valence-corrected chi connectivity index (χ0v) is 19.3. The third kappa shape index (κ3) is 4.61. The first-order chi connectivity index (χ1) is 15.2. The first-order valence-corrected chi connectivity index (χ1v) is 12.1. The number of sulfonamides is 1. The zero-order chi connectivity index (χ0) is 22.9. The normalized spacial score (nSPS) is 17.3. The Morgan fingerprint density at radius 3 is 2.53 bits per heavy atom. The molecule has 1 fully saturated rings. The van der Waals surface area contributed by atoms with Gasteiger partial charge in [-0.15, -0.1) is 0 Å². The lowest BCUT2D eigenvalue weighted by Gasteiger charge is -2.30. The molecule has 168 valence electrons. The van der Waals surface area contributed by atoms with Crippen molar-refractivity contribution in [2.24, 2.45) is 5.92 Å². The molecule has 1 saturated heterocycles. The molecular weight excluding hydrogens is 426 g/mol. The molecule has 7 nitrogen and oxygen atoms in total. The molecule has 1 N–H and O–H groups in total. The lowest BCUT2D eigenvalue weighted by atomic mass is 10.0. The summed E-state index contributed by atoms with van der Waals surface area (Å²) in [7, 11) is -3.53. The zero-order valence-electron chi connectivity index (χ0n) is 18.5. The summed E-state index contributed by atoms with van der Waals surface area (Å²) in [4.78, 5) is 12.8. The first kappa shape index (κ1) is 22.2. The molecule has 1 aliphatic rings. The second-order valence-electron chi connectivity index (χ2n) is 8.46. The number of anilines is 1. The van der Waals surface area contributed by atoms with Crippen LogP contribution in [-0.2, 0) is 10.0 Å². The summed E-state index contributed by atoms with van der Waals surface area (Å²) in [6, 6.07) is 13.7. The second-order valence-corrected chi connectivity index (χ2v) is 10.4. The van der Waals surface area contributed by atoms with Crippen molar-refractivity contribution in [2.75, 3.05) is 18.4 Å². The second kappa shape index (κ2) is 8.88. The van der Waals surface area contributed by atoms with Crippen LogP contribution >= 0.6 is 0 Å².